The summed E-state index contributed by atoms with van der Waals surface area (Å²) in [6.45, 7) is -1.17. The number of phenols is 1. The fraction of sp³-hybridized carbons (Fsp3) is 0.571. The standard InChI is InChI=1S/C28H38O13/c1-36-16-6-13(7-17(37-2)22(16)32)20-15(10-30)14(9-29)5-12-8-18(38-3)26(27(39-4)21(12)20)41-28-25(35)24(34)23(33)19(11-31)40-28/h6-8,14-15,19-20,23-25,28-35H,5,9-11H2,1-4H3. The first-order valence-electron chi connectivity index (χ1n) is 13.1. The molecule has 0 saturated carbocycles. The highest BCUT2D eigenvalue weighted by Crippen LogP contribution is 2.55. The van der Waals surface area contributed by atoms with E-state index in [1.807, 2.05) is 0 Å². The van der Waals surface area contributed by atoms with E-state index in [0.29, 0.717) is 17.5 Å². The second-order valence-electron chi connectivity index (χ2n) is 10.1. The van der Waals surface area contributed by atoms with Crippen molar-refractivity contribution in [3.63, 3.8) is 0 Å². The lowest BCUT2D eigenvalue weighted by Gasteiger charge is -2.41. The number of aliphatic hydroxyl groups is 6. The number of fused-ring (bicyclic) bond motifs is 1. The van der Waals surface area contributed by atoms with Gasteiger partial charge in [-0.15, -0.1) is 0 Å². The van der Waals surface area contributed by atoms with Crippen LogP contribution >= 0.6 is 0 Å². The second kappa shape index (κ2) is 12.9. The molecule has 0 aromatic heterocycles. The molecule has 2 aliphatic rings. The Labute approximate surface area is 237 Å². The first-order valence-corrected chi connectivity index (χ1v) is 13.1. The van der Waals surface area contributed by atoms with Gasteiger partial charge < -0.3 is 64.2 Å². The van der Waals surface area contributed by atoms with Crippen molar-refractivity contribution in [3.05, 3.63) is 34.9 Å². The van der Waals surface area contributed by atoms with Gasteiger partial charge in [0.1, 0.15) is 24.4 Å². The molecule has 8 atom stereocenters. The molecular formula is C28H38O13. The quantitative estimate of drug-likeness (QED) is 0.190. The third-order valence-electron chi connectivity index (χ3n) is 7.97. The van der Waals surface area contributed by atoms with Crippen molar-refractivity contribution in [3.8, 4) is 34.5 Å². The average Bonchev–Trinajstić information content (AvgIpc) is 2.99. The van der Waals surface area contributed by atoms with Gasteiger partial charge in [0, 0.05) is 24.7 Å². The number of aromatic hydroxyl groups is 1. The highest BCUT2D eigenvalue weighted by atomic mass is 16.7. The number of aliphatic hydroxyl groups excluding tert-OH is 6. The van der Waals surface area contributed by atoms with E-state index >= 15 is 0 Å². The van der Waals surface area contributed by atoms with Crippen molar-refractivity contribution in [2.45, 2.75) is 43.0 Å². The molecule has 0 amide bonds. The van der Waals surface area contributed by atoms with Gasteiger partial charge in [-0.3, -0.25) is 0 Å². The molecule has 1 heterocycles. The average molecular weight is 583 g/mol. The minimum atomic E-state index is -1.69. The Balaban J connectivity index is 1.93. The number of hydrogen-bond acceptors (Lipinski definition) is 13. The highest BCUT2D eigenvalue weighted by Gasteiger charge is 2.46. The molecule has 1 fully saturated rings. The molecule has 1 aliphatic heterocycles. The van der Waals surface area contributed by atoms with E-state index in [1.54, 1.807) is 18.2 Å². The Hall–Kier alpha value is -3.04. The van der Waals surface area contributed by atoms with E-state index in [0.717, 1.165) is 5.56 Å². The first kappa shape index (κ1) is 30.9. The van der Waals surface area contributed by atoms with Crippen LogP contribution in [0.1, 0.15) is 22.6 Å². The maximum atomic E-state index is 10.6. The van der Waals surface area contributed by atoms with Gasteiger partial charge in [-0.2, -0.15) is 0 Å². The van der Waals surface area contributed by atoms with Crippen LogP contribution in [0.25, 0.3) is 0 Å². The summed E-state index contributed by atoms with van der Waals surface area (Å²) in [6, 6.07) is 4.91. The van der Waals surface area contributed by atoms with Gasteiger partial charge in [-0.1, -0.05) is 0 Å². The molecule has 2 aromatic carbocycles. The third-order valence-corrected chi connectivity index (χ3v) is 7.97. The Morgan fingerprint density at radius 3 is 1.90 bits per heavy atom. The van der Waals surface area contributed by atoms with Crippen LogP contribution in [0.2, 0.25) is 0 Å². The summed E-state index contributed by atoms with van der Waals surface area (Å²) < 4.78 is 33.8. The SMILES string of the molecule is COc1cc(C2c3c(cc(OC)c(OC4OC(CO)C(O)C(O)C4O)c3OC)CC(CO)C2CO)cc(OC)c1O. The Kier molecular flexibility index (Phi) is 9.70. The number of rotatable bonds is 10. The summed E-state index contributed by atoms with van der Waals surface area (Å²) in [5.41, 5.74) is 1.88. The molecule has 0 radical (unpaired) electrons. The number of ether oxygens (including phenoxy) is 6. The zero-order valence-corrected chi connectivity index (χ0v) is 23.3. The van der Waals surface area contributed by atoms with Crippen LogP contribution in [0.3, 0.4) is 0 Å². The Morgan fingerprint density at radius 2 is 1.39 bits per heavy atom. The van der Waals surface area contributed by atoms with E-state index in [1.165, 1.54) is 28.4 Å². The molecule has 1 aliphatic carbocycles. The summed E-state index contributed by atoms with van der Waals surface area (Å²) >= 11 is 0. The molecule has 0 bridgehead atoms. The van der Waals surface area contributed by atoms with Crippen LogP contribution in [-0.4, -0.2) is 115 Å². The van der Waals surface area contributed by atoms with Crippen molar-refractivity contribution in [1.82, 2.24) is 0 Å². The lowest BCUT2D eigenvalue weighted by molar-refractivity contribution is -0.277. The fourth-order valence-corrected chi connectivity index (χ4v) is 5.82. The number of benzene rings is 2. The van der Waals surface area contributed by atoms with Gasteiger partial charge in [0.15, 0.2) is 23.0 Å². The predicted octanol–water partition coefficient (Wildman–Crippen LogP) is -0.490. The Bertz CT molecular complexity index is 1180. The maximum absolute atomic E-state index is 10.6. The summed E-state index contributed by atoms with van der Waals surface area (Å²) in [7, 11) is 5.59. The largest absolute Gasteiger partial charge is 0.502 e. The monoisotopic (exact) mass is 582 g/mol. The van der Waals surface area contributed by atoms with Crippen molar-refractivity contribution in [2.24, 2.45) is 11.8 Å². The van der Waals surface area contributed by atoms with Crippen LogP contribution in [-0.2, 0) is 11.2 Å². The van der Waals surface area contributed by atoms with E-state index in [4.69, 9.17) is 28.4 Å². The van der Waals surface area contributed by atoms with Crippen LogP contribution in [0.5, 0.6) is 34.5 Å². The van der Waals surface area contributed by atoms with Crippen LogP contribution < -0.4 is 23.7 Å². The van der Waals surface area contributed by atoms with E-state index < -0.39 is 49.1 Å². The van der Waals surface area contributed by atoms with Gasteiger partial charge in [0.05, 0.1) is 35.0 Å². The minimum Gasteiger partial charge on any atom is -0.502 e. The predicted molar refractivity (Wildman–Crippen MR) is 142 cm³/mol. The van der Waals surface area contributed by atoms with Crippen molar-refractivity contribution < 1.29 is 64.2 Å². The topological polar surface area (TPSA) is 197 Å². The van der Waals surface area contributed by atoms with Crippen LogP contribution in [0.15, 0.2) is 18.2 Å². The van der Waals surface area contributed by atoms with Crippen molar-refractivity contribution in [1.29, 1.82) is 0 Å². The molecule has 41 heavy (non-hydrogen) atoms. The minimum absolute atomic E-state index is 0.0000683. The summed E-state index contributed by atoms with van der Waals surface area (Å²) in [5.74, 6) is -1.10. The second-order valence-corrected chi connectivity index (χ2v) is 10.1. The first-order chi connectivity index (χ1) is 19.7. The third kappa shape index (κ3) is 5.46. The molecule has 13 nitrogen and oxygen atoms in total. The van der Waals surface area contributed by atoms with Crippen LogP contribution in [0.4, 0.5) is 0 Å². The number of methoxy groups -OCH3 is 4. The zero-order chi connectivity index (χ0) is 30.0. The molecule has 228 valence electrons. The van der Waals surface area contributed by atoms with Gasteiger partial charge in [-0.05, 0) is 47.6 Å². The van der Waals surface area contributed by atoms with Gasteiger partial charge >= 0.3 is 0 Å². The van der Waals surface area contributed by atoms with Crippen LogP contribution in [0, 0.1) is 11.8 Å². The van der Waals surface area contributed by atoms with E-state index in [9.17, 15) is 35.7 Å². The number of hydrogen-bond donors (Lipinski definition) is 7. The molecule has 1 saturated heterocycles. The van der Waals surface area contributed by atoms with Crippen molar-refractivity contribution >= 4 is 0 Å². The van der Waals surface area contributed by atoms with Gasteiger partial charge in [0.25, 0.3) is 0 Å². The van der Waals surface area contributed by atoms with E-state index in [-0.39, 0.29) is 53.6 Å². The van der Waals surface area contributed by atoms with Gasteiger partial charge in [-0.25, -0.2) is 0 Å². The smallest absolute Gasteiger partial charge is 0.229 e. The van der Waals surface area contributed by atoms with Crippen molar-refractivity contribution in [2.75, 3.05) is 48.3 Å². The molecule has 2 aromatic rings. The fourth-order valence-electron chi connectivity index (χ4n) is 5.82. The number of phenolic OH excluding ortho intramolecular Hbond substituents is 1. The highest BCUT2D eigenvalue weighted by molar-refractivity contribution is 5.64. The van der Waals surface area contributed by atoms with E-state index in [2.05, 4.69) is 0 Å². The molecule has 13 heteroatoms. The summed E-state index contributed by atoms with van der Waals surface area (Å²) in [4.78, 5) is 0. The molecule has 8 unspecified atom stereocenters. The normalized spacial score (nSPS) is 29.4. The summed E-state index contributed by atoms with van der Waals surface area (Å²) in [5, 5.41) is 72.1. The van der Waals surface area contributed by atoms with Gasteiger partial charge in [0.2, 0.25) is 17.8 Å². The molecule has 7 N–H and O–H groups in total. The zero-order valence-electron chi connectivity index (χ0n) is 23.3. The molecule has 0 spiro atoms. The molecule has 4 rings (SSSR count). The molecular weight excluding hydrogens is 544 g/mol. The Morgan fingerprint density at radius 1 is 0.756 bits per heavy atom. The lowest BCUT2D eigenvalue weighted by Crippen LogP contribution is -2.60. The maximum Gasteiger partial charge on any atom is 0.229 e. The lowest BCUT2D eigenvalue weighted by atomic mass is 9.66. The summed E-state index contributed by atoms with van der Waals surface area (Å²) in [6.07, 6.45) is -7.32.